The van der Waals surface area contributed by atoms with Crippen molar-refractivity contribution in [1.29, 1.82) is 0 Å². The molecule has 0 spiro atoms. The number of sulfone groups is 1. The molecular formula is C12H17NO2S. The topological polar surface area (TPSA) is 37.4 Å². The maximum Gasteiger partial charge on any atom is 0.180 e. The molecule has 0 aliphatic carbocycles. The SMILES string of the molecule is CC(C)S(=O)(=O)c1ccc2c(c1)N(C)CC2. The predicted molar refractivity (Wildman–Crippen MR) is 65.7 cm³/mol. The van der Waals surface area contributed by atoms with Crippen molar-refractivity contribution in [1.82, 2.24) is 0 Å². The van der Waals surface area contributed by atoms with Gasteiger partial charge >= 0.3 is 0 Å². The van der Waals surface area contributed by atoms with Crippen molar-refractivity contribution in [3.8, 4) is 0 Å². The molecule has 0 amide bonds. The van der Waals surface area contributed by atoms with Gasteiger partial charge in [-0.05, 0) is 38.0 Å². The molecule has 0 aromatic heterocycles. The van der Waals surface area contributed by atoms with Gasteiger partial charge in [-0.3, -0.25) is 0 Å². The van der Waals surface area contributed by atoms with Crippen molar-refractivity contribution in [2.24, 2.45) is 0 Å². The minimum atomic E-state index is -3.15. The number of hydrogen-bond acceptors (Lipinski definition) is 3. The third kappa shape index (κ3) is 1.71. The average Bonchev–Trinajstić information content (AvgIpc) is 2.60. The molecule has 1 aromatic carbocycles. The van der Waals surface area contributed by atoms with Crippen LogP contribution < -0.4 is 4.90 Å². The Hall–Kier alpha value is -1.03. The first-order chi connectivity index (χ1) is 7.43. The van der Waals surface area contributed by atoms with Crippen LogP contribution in [0.3, 0.4) is 0 Å². The van der Waals surface area contributed by atoms with Gasteiger partial charge in [0.25, 0.3) is 0 Å². The van der Waals surface area contributed by atoms with E-state index in [0.717, 1.165) is 18.7 Å². The molecule has 1 aliphatic heterocycles. The number of rotatable bonds is 2. The summed E-state index contributed by atoms with van der Waals surface area (Å²) in [6.45, 7) is 4.40. The van der Waals surface area contributed by atoms with Crippen molar-refractivity contribution in [2.45, 2.75) is 30.4 Å². The molecule has 0 fully saturated rings. The van der Waals surface area contributed by atoms with Gasteiger partial charge in [-0.2, -0.15) is 0 Å². The second kappa shape index (κ2) is 3.77. The van der Waals surface area contributed by atoms with Gasteiger partial charge in [0, 0.05) is 19.3 Å². The fourth-order valence-electron chi connectivity index (χ4n) is 1.97. The number of hydrogen-bond donors (Lipinski definition) is 0. The normalized spacial score (nSPS) is 15.6. The summed E-state index contributed by atoms with van der Waals surface area (Å²) in [5.74, 6) is 0. The zero-order valence-electron chi connectivity index (χ0n) is 9.90. The second-order valence-electron chi connectivity index (χ2n) is 4.56. The van der Waals surface area contributed by atoms with Gasteiger partial charge in [0.15, 0.2) is 9.84 Å². The maximum atomic E-state index is 12.0. The molecule has 0 unspecified atom stereocenters. The van der Waals surface area contributed by atoms with E-state index in [4.69, 9.17) is 0 Å². The molecule has 1 aromatic rings. The molecular weight excluding hydrogens is 222 g/mol. The van der Waals surface area contributed by atoms with Crippen molar-refractivity contribution in [3.63, 3.8) is 0 Å². The number of nitrogens with zero attached hydrogens (tertiary/aromatic N) is 1. The maximum absolute atomic E-state index is 12.0. The van der Waals surface area contributed by atoms with Crippen molar-refractivity contribution in [3.05, 3.63) is 23.8 Å². The van der Waals surface area contributed by atoms with Gasteiger partial charge in [0.2, 0.25) is 0 Å². The highest BCUT2D eigenvalue weighted by Crippen LogP contribution is 2.30. The fourth-order valence-corrected chi connectivity index (χ4v) is 3.05. The number of fused-ring (bicyclic) bond motifs is 1. The minimum Gasteiger partial charge on any atom is -0.374 e. The molecule has 0 atom stereocenters. The summed E-state index contributed by atoms with van der Waals surface area (Å²) >= 11 is 0. The first kappa shape index (κ1) is 11.5. The summed E-state index contributed by atoms with van der Waals surface area (Å²) in [6.07, 6.45) is 1.01. The lowest BCUT2D eigenvalue weighted by Crippen LogP contribution is -2.16. The molecule has 88 valence electrons. The van der Waals surface area contributed by atoms with Crippen molar-refractivity contribution >= 4 is 15.5 Å². The van der Waals surface area contributed by atoms with E-state index in [9.17, 15) is 8.42 Å². The van der Waals surface area contributed by atoms with E-state index >= 15 is 0 Å². The van der Waals surface area contributed by atoms with Crippen molar-refractivity contribution in [2.75, 3.05) is 18.5 Å². The third-order valence-electron chi connectivity index (χ3n) is 3.13. The molecule has 3 nitrogen and oxygen atoms in total. The van der Waals surface area contributed by atoms with E-state index in [1.165, 1.54) is 5.56 Å². The van der Waals surface area contributed by atoms with Crippen LogP contribution in [0.4, 0.5) is 5.69 Å². The monoisotopic (exact) mass is 239 g/mol. The largest absolute Gasteiger partial charge is 0.374 e. The predicted octanol–water partition coefficient (Wildman–Crippen LogP) is 1.86. The van der Waals surface area contributed by atoms with Crippen LogP contribution in [0, 0.1) is 0 Å². The van der Waals surface area contributed by atoms with Crippen LogP contribution in [0.2, 0.25) is 0 Å². The highest BCUT2D eigenvalue weighted by atomic mass is 32.2. The highest BCUT2D eigenvalue weighted by molar-refractivity contribution is 7.92. The van der Waals surface area contributed by atoms with Gasteiger partial charge in [-0.25, -0.2) is 8.42 Å². The molecule has 0 bridgehead atoms. The Labute approximate surface area is 97.0 Å². The Kier molecular flexibility index (Phi) is 2.70. The molecule has 0 radical (unpaired) electrons. The number of benzene rings is 1. The minimum absolute atomic E-state index is 0.364. The van der Waals surface area contributed by atoms with Gasteiger partial charge in [-0.1, -0.05) is 6.07 Å². The lowest BCUT2D eigenvalue weighted by atomic mass is 10.2. The standard InChI is InChI=1S/C12H17NO2S/c1-9(2)16(14,15)11-5-4-10-6-7-13(3)12(10)8-11/h4-5,8-9H,6-7H2,1-3H3. The Balaban J connectivity index is 2.51. The summed E-state index contributed by atoms with van der Waals surface area (Å²) < 4.78 is 24.0. The fraction of sp³-hybridized carbons (Fsp3) is 0.500. The Morgan fingerprint density at radius 2 is 2.00 bits per heavy atom. The van der Waals surface area contributed by atoms with E-state index in [1.54, 1.807) is 26.0 Å². The van der Waals surface area contributed by atoms with Gasteiger partial charge in [-0.15, -0.1) is 0 Å². The Morgan fingerprint density at radius 1 is 1.31 bits per heavy atom. The second-order valence-corrected chi connectivity index (χ2v) is 7.06. The Bertz CT molecular complexity index is 506. The molecule has 2 rings (SSSR count). The van der Waals surface area contributed by atoms with Crippen LogP contribution in [0.1, 0.15) is 19.4 Å². The van der Waals surface area contributed by atoms with Gasteiger partial charge < -0.3 is 4.90 Å². The Morgan fingerprint density at radius 3 is 2.62 bits per heavy atom. The number of likely N-dealkylation sites (N-methyl/N-ethyl adjacent to an activating group) is 1. The molecule has 1 heterocycles. The van der Waals surface area contributed by atoms with Crippen LogP contribution >= 0.6 is 0 Å². The van der Waals surface area contributed by atoms with Gasteiger partial charge in [0.1, 0.15) is 0 Å². The zero-order valence-corrected chi connectivity index (χ0v) is 10.7. The van der Waals surface area contributed by atoms with Crippen LogP contribution in [0.25, 0.3) is 0 Å². The van der Waals surface area contributed by atoms with Crippen LogP contribution in [-0.2, 0) is 16.3 Å². The van der Waals surface area contributed by atoms with Crippen LogP contribution in [-0.4, -0.2) is 27.3 Å². The molecule has 0 saturated carbocycles. The molecule has 0 N–H and O–H groups in total. The van der Waals surface area contributed by atoms with Gasteiger partial charge in [0.05, 0.1) is 10.1 Å². The molecule has 4 heteroatoms. The highest BCUT2D eigenvalue weighted by Gasteiger charge is 2.23. The molecule has 0 saturated heterocycles. The summed E-state index contributed by atoms with van der Waals surface area (Å²) in [5.41, 5.74) is 2.30. The molecule has 1 aliphatic rings. The summed E-state index contributed by atoms with van der Waals surface area (Å²) in [5, 5.41) is -0.364. The van der Waals surface area contributed by atoms with E-state index in [0.29, 0.717) is 4.90 Å². The lowest BCUT2D eigenvalue weighted by Gasteiger charge is -2.14. The van der Waals surface area contributed by atoms with Crippen LogP contribution in [0.15, 0.2) is 23.1 Å². The van der Waals surface area contributed by atoms with E-state index < -0.39 is 9.84 Å². The number of anilines is 1. The summed E-state index contributed by atoms with van der Waals surface area (Å²) in [7, 11) is -1.15. The quantitative estimate of drug-likeness (QED) is 0.790. The van der Waals surface area contributed by atoms with E-state index in [-0.39, 0.29) is 5.25 Å². The van der Waals surface area contributed by atoms with E-state index in [1.807, 2.05) is 13.1 Å². The molecule has 16 heavy (non-hydrogen) atoms. The third-order valence-corrected chi connectivity index (χ3v) is 5.29. The van der Waals surface area contributed by atoms with E-state index in [2.05, 4.69) is 4.90 Å². The van der Waals surface area contributed by atoms with Crippen molar-refractivity contribution < 1.29 is 8.42 Å². The summed E-state index contributed by atoms with van der Waals surface area (Å²) in [4.78, 5) is 2.55. The van der Waals surface area contributed by atoms with Crippen LogP contribution in [0.5, 0.6) is 0 Å². The first-order valence-electron chi connectivity index (χ1n) is 5.51. The zero-order chi connectivity index (χ0) is 11.9. The summed E-state index contributed by atoms with van der Waals surface area (Å²) in [6, 6.07) is 5.47. The lowest BCUT2D eigenvalue weighted by molar-refractivity contribution is 0.587. The smallest absolute Gasteiger partial charge is 0.180 e. The average molecular weight is 239 g/mol. The first-order valence-corrected chi connectivity index (χ1v) is 7.05.